The minimum Gasteiger partial charge on any atom is -0.378 e. The average Bonchev–Trinajstić information content (AvgIpc) is 3.06. The Hall–Kier alpha value is -3.67. The second kappa shape index (κ2) is 20.0. The molecule has 1 N–H and O–H groups in total. The molecule has 11 heteroatoms. The fourth-order valence-electron chi connectivity index (χ4n) is 4.44. The Morgan fingerprint density at radius 3 is 1.29 bits per heavy atom. The molecule has 0 aliphatic carbocycles. The van der Waals surface area contributed by atoms with Gasteiger partial charge in [0.1, 0.15) is 22.9 Å². The van der Waals surface area contributed by atoms with Crippen LogP contribution in [0.1, 0.15) is 96.8 Å². The van der Waals surface area contributed by atoms with Crippen molar-refractivity contribution >= 4 is 29.0 Å². The predicted molar refractivity (Wildman–Crippen MR) is 185 cm³/mol. The molecule has 0 radical (unpaired) electrons. The van der Waals surface area contributed by atoms with Crippen molar-refractivity contribution in [3.05, 3.63) is 47.8 Å². The van der Waals surface area contributed by atoms with Crippen LogP contribution in [0.2, 0.25) is 0 Å². The van der Waals surface area contributed by atoms with Crippen LogP contribution in [0.3, 0.4) is 0 Å². The minimum atomic E-state index is -1.21. The van der Waals surface area contributed by atoms with Gasteiger partial charge in [-0.05, 0) is 24.3 Å². The highest BCUT2D eigenvalue weighted by molar-refractivity contribution is 5.97. The van der Waals surface area contributed by atoms with Crippen molar-refractivity contribution in [3.63, 3.8) is 0 Å². The number of rotatable bonds is 23. The molecule has 11 nitrogen and oxygen atoms in total. The summed E-state index contributed by atoms with van der Waals surface area (Å²) in [4.78, 5) is 71.3. The highest BCUT2D eigenvalue weighted by Gasteiger charge is 2.34. The number of aromatic nitrogens is 2. The fourth-order valence-corrected chi connectivity index (χ4v) is 4.44. The van der Waals surface area contributed by atoms with E-state index in [4.69, 9.17) is 14.2 Å². The predicted octanol–water partition coefficient (Wildman–Crippen LogP) is 5.59. The Morgan fingerprint density at radius 2 is 0.979 bits per heavy atom. The monoisotopic (exact) mass is 669 g/mol. The third kappa shape index (κ3) is 13.4. The first-order valence-electron chi connectivity index (χ1n) is 16.8. The van der Waals surface area contributed by atoms with E-state index in [2.05, 4.69) is 15.3 Å². The lowest BCUT2D eigenvalue weighted by Gasteiger charge is -2.34. The number of carbonyl (C=O) groups is 5. The lowest BCUT2D eigenvalue weighted by Crippen LogP contribution is -2.58. The van der Waals surface area contributed by atoms with Gasteiger partial charge in [-0.1, -0.05) is 55.4 Å². The fraction of sp³-hybridized carbons (Fsp3) is 0.595. The SMILES string of the molecule is CC(C)C(=O)CCOCC(COCCC(=O)C(C)C)(COCCC(=O)C(C)C)NC(=O)c1ccc(-c2ccc(C(=O)C(C)C)cn2)nc1.[HH]. The zero-order valence-corrected chi connectivity index (χ0v) is 29.8. The highest BCUT2D eigenvalue weighted by Crippen LogP contribution is 2.18. The molecule has 2 heterocycles. The smallest absolute Gasteiger partial charge is 0.253 e. The van der Waals surface area contributed by atoms with Gasteiger partial charge in [0.2, 0.25) is 0 Å². The molecule has 0 saturated carbocycles. The number of carbonyl (C=O) groups excluding carboxylic acids is 5. The first-order valence-corrected chi connectivity index (χ1v) is 16.8. The number of nitrogens with zero attached hydrogens (tertiary/aromatic N) is 2. The van der Waals surface area contributed by atoms with E-state index in [1.165, 1.54) is 12.4 Å². The first kappa shape index (κ1) is 40.5. The van der Waals surface area contributed by atoms with E-state index in [0.717, 1.165) is 0 Å². The maximum atomic E-state index is 13.6. The zero-order chi connectivity index (χ0) is 35.9. The number of ether oxygens (including phenoxy) is 3. The molecular weight excluding hydrogens is 614 g/mol. The number of hydrogen-bond acceptors (Lipinski definition) is 10. The second-order valence-electron chi connectivity index (χ2n) is 13.4. The van der Waals surface area contributed by atoms with E-state index in [-0.39, 0.29) is 113 Å². The average molecular weight is 670 g/mol. The summed E-state index contributed by atoms with van der Waals surface area (Å²) < 4.78 is 17.8. The Kier molecular flexibility index (Phi) is 16.9. The van der Waals surface area contributed by atoms with Crippen molar-refractivity contribution in [2.45, 2.75) is 80.2 Å². The molecular formula is C37H55N3O8. The minimum absolute atomic E-state index is 0. The summed E-state index contributed by atoms with van der Waals surface area (Å²) in [5, 5.41) is 3.01. The summed E-state index contributed by atoms with van der Waals surface area (Å²) in [5.41, 5.74) is 0.641. The van der Waals surface area contributed by atoms with Crippen LogP contribution in [0, 0.1) is 23.7 Å². The summed E-state index contributed by atoms with van der Waals surface area (Å²) in [6.07, 6.45) is 3.58. The maximum Gasteiger partial charge on any atom is 0.253 e. The second-order valence-corrected chi connectivity index (χ2v) is 13.4. The number of nitrogens with one attached hydrogen (secondary N) is 1. The van der Waals surface area contributed by atoms with Crippen LogP contribution in [0.15, 0.2) is 36.7 Å². The third-order valence-corrected chi connectivity index (χ3v) is 7.78. The molecule has 0 atom stereocenters. The summed E-state index contributed by atoms with van der Waals surface area (Å²) in [7, 11) is 0. The highest BCUT2D eigenvalue weighted by atomic mass is 16.5. The van der Waals surface area contributed by atoms with Crippen molar-refractivity contribution in [1.82, 2.24) is 15.3 Å². The van der Waals surface area contributed by atoms with Crippen LogP contribution in [-0.2, 0) is 28.6 Å². The molecule has 0 bridgehead atoms. The standard InChI is InChI=1S/C37H53N3O8.H2/c1-24(2)32(41)13-16-46-21-37(22-47-17-14-33(42)25(3)4,23-48-18-15-34(43)26(5)6)40-36(45)29-10-12-31(39-20-29)30-11-9-28(19-38-30)35(44)27(7)8;/h9-12,19-20,24-27H,13-18,21-23H2,1-8H3,(H,40,45);1H. The molecule has 0 aliphatic rings. The van der Waals surface area contributed by atoms with Gasteiger partial charge in [-0.3, -0.25) is 33.9 Å². The van der Waals surface area contributed by atoms with Gasteiger partial charge in [0.25, 0.3) is 5.91 Å². The van der Waals surface area contributed by atoms with Gasteiger partial charge in [-0.25, -0.2) is 0 Å². The molecule has 0 fully saturated rings. The van der Waals surface area contributed by atoms with Crippen molar-refractivity contribution in [2.75, 3.05) is 39.6 Å². The van der Waals surface area contributed by atoms with Crippen molar-refractivity contribution < 1.29 is 39.6 Å². The van der Waals surface area contributed by atoms with E-state index in [9.17, 15) is 24.0 Å². The van der Waals surface area contributed by atoms with Crippen LogP contribution in [0.4, 0.5) is 0 Å². The van der Waals surface area contributed by atoms with Gasteiger partial charge in [0.15, 0.2) is 5.78 Å². The van der Waals surface area contributed by atoms with E-state index in [1.807, 2.05) is 55.4 Å². The van der Waals surface area contributed by atoms with Gasteiger partial charge < -0.3 is 19.5 Å². The molecule has 0 spiro atoms. The van der Waals surface area contributed by atoms with Crippen LogP contribution in [0.5, 0.6) is 0 Å². The largest absolute Gasteiger partial charge is 0.378 e. The van der Waals surface area contributed by atoms with Gasteiger partial charge in [-0.2, -0.15) is 0 Å². The molecule has 0 saturated heterocycles. The Balaban J connectivity index is 0.0000120. The Morgan fingerprint density at radius 1 is 0.604 bits per heavy atom. The van der Waals surface area contributed by atoms with Crippen molar-refractivity contribution in [2.24, 2.45) is 23.7 Å². The molecule has 266 valence electrons. The number of Topliss-reactive ketones (excluding diaryl/α,β-unsaturated/α-hetero) is 4. The third-order valence-electron chi connectivity index (χ3n) is 7.78. The molecule has 2 rings (SSSR count). The van der Waals surface area contributed by atoms with E-state index >= 15 is 0 Å². The first-order chi connectivity index (χ1) is 22.7. The van der Waals surface area contributed by atoms with Gasteiger partial charge in [0.05, 0.1) is 56.6 Å². The quantitative estimate of drug-likeness (QED) is 0.117. The molecule has 0 aromatic carbocycles. The maximum absolute atomic E-state index is 13.6. The number of pyridine rings is 2. The zero-order valence-electron chi connectivity index (χ0n) is 29.8. The van der Waals surface area contributed by atoms with Gasteiger partial charge in [0, 0.05) is 62.3 Å². The molecule has 2 aromatic rings. The summed E-state index contributed by atoms with van der Waals surface area (Å²) >= 11 is 0. The van der Waals surface area contributed by atoms with E-state index in [1.54, 1.807) is 24.3 Å². The van der Waals surface area contributed by atoms with E-state index in [0.29, 0.717) is 17.0 Å². The topological polar surface area (TPSA) is 151 Å². The summed E-state index contributed by atoms with van der Waals surface area (Å²) in [5.74, 6) is -0.845. The molecule has 48 heavy (non-hydrogen) atoms. The Labute approximate surface area is 286 Å². The van der Waals surface area contributed by atoms with Crippen molar-refractivity contribution in [3.8, 4) is 11.4 Å². The summed E-state index contributed by atoms with van der Waals surface area (Å²) in [6.45, 7) is 14.9. The number of hydrogen-bond donors (Lipinski definition) is 1. The van der Waals surface area contributed by atoms with E-state index < -0.39 is 11.4 Å². The molecule has 2 aromatic heterocycles. The van der Waals surface area contributed by atoms with Crippen LogP contribution in [-0.4, -0.2) is 84.2 Å². The van der Waals surface area contributed by atoms with Gasteiger partial charge in [-0.15, -0.1) is 0 Å². The lowest BCUT2D eigenvalue weighted by molar-refractivity contribution is -0.123. The normalized spacial score (nSPS) is 11.8. The van der Waals surface area contributed by atoms with Crippen LogP contribution < -0.4 is 5.32 Å². The van der Waals surface area contributed by atoms with Gasteiger partial charge >= 0.3 is 0 Å². The van der Waals surface area contributed by atoms with Crippen molar-refractivity contribution in [1.29, 1.82) is 0 Å². The van der Waals surface area contributed by atoms with Crippen LogP contribution >= 0.6 is 0 Å². The Bertz CT molecular complexity index is 1290. The number of ketones is 4. The molecule has 0 unspecified atom stereocenters. The number of amides is 1. The molecule has 1 amide bonds. The van der Waals surface area contributed by atoms with Crippen LogP contribution in [0.25, 0.3) is 11.4 Å². The summed E-state index contributed by atoms with van der Waals surface area (Å²) in [6, 6.07) is 6.70. The molecule has 0 aliphatic heterocycles. The lowest BCUT2D eigenvalue weighted by atomic mass is 10.0.